The molecule has 0 aromatic heterocycles. The van der Waals surface area contributed by atoms with E-state index in [-0.39, 0.29) is 11.1 Å². The van der Waals surface area contributed by atoms with Crippen LogP contribution in [0.5, 0.6) is 0 Å². The third-order valence-electron chi connectivity index (χ3n) is 2.56. The molecule has 0 amide bonds. The molecule has 1 saturated carbocycles. The molecule has 14 heavy (non-hydrogen) atoms. The summed E-state index contributed by atoms with van der Waals surface area (Å²) >= 11 is 6.12. The number of hydrogen-bond donors (Lipinski definition) is 1. The highest BCUT2D eigenvalue weighted by molar-refractivity contribution is 7.90. The second kappa shape index (κ2) is 5.33. The molecule has 1 aliphatic carbocycles. The molecule has 1 fully saturated rings. The van der Waals surface area contributed by atoms with Crippen LogP contribution < -0.4 is 5.32 Å². The van der Waals surface area contributed by atoms with Gasteiger partial charge in [0.05, 0.1) is 5.75 Å². The molecule has 2 unspecified atom stereocenters. The summed E-state index contributed by atoms with van der Waals surface area (Å²) in [6, 6.07) is 0.298. The van der Waals surface area contributed by atoms with E-state index in [1.165, 1.54) is 19.1 Å². The Morgan fingerprint density at radius 2 is 2.00 bits per heavy atom. The first kappa shape index (κ1) is 12.3. The highest BCUT2D eigenvalue weighted by atomic mass is 35.5. The SMILES string of the molecule is CS(=O)(=O)CCNC1CCCCC1Cl. The lowest BCUT2D eigenvalue weighted by Crippen LogP contribution is -2.41. The average molecular weight is 240 g/mol. The molecule has 1 N–H and O–H groups in total. The lowest BCUT2D eigenvalue weighted by molar-refractivity contribution is 0.386. The van der Waals surface area contributed by atoms with E-state index < -0.39 is 9.84 Å². The molecular weight excluding hydrogens is 222 g/mol. The van der Waals surface area contributed by atoms with Gasteiger partial charge >= 0.3 is 0 Å². The summed E-state index contributed by atoms with van der Waals surface area (Å²) in [5.41, 5.74) is 0. The van der Waals surface area contributed by atoms with Gasteiger partial charge in [0.25, 0.3) is 0 Å². The van der Waals surface area contributed by atoms with Crippen LogP contribution in [0, 0.1) is 0 Å². The van der Waals surface area contributed by atoms with Crippen LogP contribution >= 0.6 is 11.6 Å². The molecule has 1 aliphatic rings. The van der Waals surface area contributed by atoms with Gasteiger partial charge in [-0.25, -0.2) is 8.42 Å². The molecule has 0 aromatic rings. The molecule has 5 heteroatoms. The van der Waals surface area contributed by atoms with Gasteiger partial charge in [-0.2, -0.15) is 0 Å². The Bertz CT molecular complexity index is 266. The lowest BCUT2D eigenvalue weighted by atomic mass is 9.95. The first-order chi connectivity index (χ1) is 6.49. The van der Waals surface area contributed by atoms with Crippen molar-refractivity contribution in [3.8, 4) is 0 Å². The summed E-state index contributed by atoms with van der Waals surface area (Å²) in [4.78, 5) is 0. The Morgan fingerprint density at radius 3 is 2.57 bits per heavy atom. The maximum atomic E-state index is 10.9. The van der Waals surface area contributed by atoms with Crippen LogP contribution in [0.2, 0.25) is 0 Å². The van der Waals surface area contributed by atoms with Gasteiger partial charge < -0.3 is 5.32 Å². The maximum absolute atomic E-state index is 10.9. The van der Waals surface area contributed by atoms with Crippen molar-refractivity contribution in [2.75, 3.05) is 18.6 Å². The minimum absolute atomic E-state index is 0.170. The molecule has 0 aliphatic heterocycles. The van der Waals surface area contributed by atoms with E-state index in [1.54, 1.807) is 0 Å². The van der Waals surface area contributed by atoms with Crippen LogP contribution in [0.15, 0.2) is 0 Å². The van der Waals surface area contributed by atoms with Crippen LogP contribution in [-0.4, -0.2) is 38.4 Å². The summed E-state index contributed by atoms with van der Waals surface area (Å²) in [6.45, 7) is 0.521. The van der Waals surface area contributed by atoms with Gasteiger partial charge in [0, 0.05) is 24.2 Å². The summed E-state index contributed by atoms with van der Waals surface area (Å²) in [6.07, 6.45) is 5.75. The summed E-state index contributed by atoms with van der Waals surface area (Å²) in [5.74, 6) is 0.201. The van der Waals surface area contributed by atoms with Crippen LogP contribution in [0.1, 0.15) is 25.7 Å². The summed E-state index contributed by atoms with van der Waals surface area (Å²) in [7, 11) is -2.85. The summed E-state index contributed by atoms with van der Waals surface area (Å²) in [5, 5.41) is 3.39. The molecule has 0 heterocycles. The quantitative estimate of drug-likeness (QED) is 0.750. The van der Waals surface area contributed by atoms with Gasteiger partial charge in [-0.05, 0) is 12.8 Å². The second-order valence-corrected chi connectivity index (χ2v) is 6.81. The van der Waals surface area contributed by atoms with E-state index in [2.05, 4.69) is 5.32 Å². The monoisotopic (exact) mass is 239 g/mol. The van der Waals surface area contributed by atoms with E-state index in [1.807, 2.05) is 0 Å². The largest absolute Gasteiger partial charge is 0.312 e. The molecule has 0 spiro atoms. The van der Waals surface area contributed by atoms with Crippen molar-refractivity contribution in [1.82, 2.24) is 5.32 Å². The van der Waals surface area contributed by atoms with Crippen molar-refractivity contribution in [3.05, 3.63) is 0 Å². The predicted octanol–water partition coefficient (Wildman–Crippen LogP) is 1.17. The second-order valence-electron chi connectivity index (χ2n) is 3.99. The van der Waals surface area contributed by atoms with Crippen molar-refractivity contribution in [1.29, 1.82) is 0 Å². The fourth-order valence-corrected chi connectivity index (χ4v) is 2.60. The fraction of sp³-hybridized carbons (Fsp3) is 1.00. The minimum atomic E-state index is -2.85. The Hall–Kier alpha value is 0.200. The van der Waals surface area contributed by atoms with Crippen LogP contribution in [0.25, 0.3) is 0 Å². The van der Waals surface area contributed by atoms with Crippen molar-refractivity contribution in [2.45, 2.75) is 37.1 Å². The first-order valence-corrected chi connectivity index (χ1v) is 7.54. The highest BCUT2D eigenvalue weighted by Gasteiger charge is 2.22. The zero-order valence-corrected chi connectivity index (χ0v) is 10.1. The van der Waals surface area contributed by atoms with Gasteiger partial charge in [-0.1, -0.05) is 12.8 Å². The van der Waals surface area contributed by atoms with E-state index >= 15 is 0 Å². The average Bonchev–Trinajstić information content (AvgIpc) is 2.06. The number of halogens is 1. The van der Waals surface area contributed by atoms with Crippen molar-refractivity contribution in [3.63, 3.8) is 0 Å². The number of sulfone groups is 1. The molecule has 3 nitrogen and oxygen atoms in total. The molecule has 0 bridgehead atoms. The predicted molar refractivity (Wildman–Crippen MR) is 59.6 cm³/mol. The van der Waals surface area contributed by atoms with Crippen molar-refractivity contribution >= 4 is 21.4 Å². The normalized spacial score (nSPS) is 29.0. The standard InChI is InChI=1S/C9H18ClNO2S/c1-14(12,13)7-6-11-9-5-3-2-4-8(9)10/h8-9,11H,2-7H2,1H3. The van der Waals surface area contributed by atoms with E-state index in [0.717, 1.165) is 12.8 Å². The van der Waals surface area contributed by atoms with Crippen LogP contribution in [-0.2, 0) is 9.84 Å². The molecule has 84 valence electrons. The van der Waals surface area contributed by atoms with E-state index in [0.29, 0.717) is 12.6 Å². The van der Waals surface area contributed by atoms with Gasteiger partial charge in [0.2, 0.25) is 0 Å². The van der Waals surface area contributed by atoms with Gasteiger partial charge in [-0.3, -0.25) is 0 Å². The van der Waals surface area contributed by atoms with Gasteiger partial charge in [0.1, 0.15) is 9.84 Å². The van der Waals surface area contributed by atoms with Crippen LogP contribution in [0.4, 0.5) is 0 Å². The van der Waals surface area contributed by atoms with Gasteiger partial charge in [0.15, 0.2) is 0 Å². The first-order valence-electron chi connectivity index (χ1n) is 5.04. The molecule has 0 radical (unpaired) electrons. The zero-order chi connectivity index (χ0) is 10.6. The Morgan fingerprint density at radius 1 is 1.36 bits per heavy atom. The fourth-order valence-electron chi connectivity index (χ4n) is 1.75. The molecule has 0 aromatic carbocycles. The molecule has 2 atom stereocenters. The third kappa shape index (κ3) is 4.62. The topological polar surface area (TPSA) is 46.2 Å². The third-order valence-corrected chi connectivity index (χ3v) is 4.03. The highest BCUT2D eigenvalue weighted by Crippen LogP contribution is 2.22. The molecular formula is C9H18ClNO2S. The number of rotatable bonds is 4. The minimum Gasteiger partial charge on any atom is -0.312 e. The van der Waals surface area contributed by atoms with E-state index in [9.17, 15) is 8.42 Å². The Kier molecular flexibility index (Phi) is 4.67. The van der Waals surface area contributed by atoms with Crippen LogP contribution in [0.3, 0.4) is 0 Å². The smallest absolute Gasteiger partial charge is 0.148 e. The Labute approximate surface area is 91.1 Å². The number of alkyl halides is 1. The van der Waals surface area contributed by atoms with Crippen molar-refractivity contribution in [2.24, 2.45) is 0 Å². The summed E-state index contributed by atoms with van der Waals surface area (Å²) < 4.78 is 21.8. The van der Waals surface area contributed by atoms with E-state index in [4.69, 9.17) is 11.6 Å². The number of hydrogen-bond acceptors (Lipinski definition) is 3. The molecule has 1 rings (SSSR count). The van der Waals surface area contributed by atoms with Gasteiger partial charge in [-0.15, -0.1) is 11.6 Å². The number of nitrogens with one attached hydrogen (secondary N) is 1. The maximum Gasteiger partial charge on any atom is 0.148 e. The zero-order valence-electron chi connectivity index (χ0n) is 8.50. The van der Waals surface area contributed by atoms with Crippen molar-refractivity contribution < 1.29 is 8.42 Å². The lowest BCUT2D eigenvalue weighted by Gasteiger charge is -2.27. The Balaban J connectivity index is 2.23. The molecule has 0 saturated heterocycles.